The van der Waals surface area contributed by atoms with Crippen molar-refractivity contribution in [2.24, 2.45) is 0 Å². The van der Waals surface area contributed by atoms with Crippen LogP contribution in [0.4, 0.5) is 0 Å². The Hall–Kier alpha value is -2.10. The molecule has 1 amide bonds. The van der Waals surface area contributed by atoms with E-state index in [1.165, 1.54) is 12.3 Å². The first kappa shape index (κ1) is 13.0. The predicted molar refractivity (Wildman–Crippen MR) is 64.6 cm³/mol. The third-order valence-electron chi connectivity index (χ3n) is 1.95. The highest BCUT2D eigenvalue weighted by atomic mass is 16.6. The van der Waals surface area contributed by atoms with E-state index in [1.54, 1.807) is 36.5 Å². The van der Waals surface area contributed by atoms with Crippen LogP contribution in [0.3, 0.4) is 0 Å². The van der Waals surface area contributed by atoms with Gasteiger partial charge in [0.25, 0.3) is 5.91 Å². The molecule has 1 aliphatic rings. The van der Waals surface area contributed by atoms with Crippen molar-refractivity contribution in [2.45, 2.75) is 19.3 Å². The minimum Gasteiger partial charge on any atom is -0.387 e. The van der Waals surface area contributed by atoms with Gasteiger partial charge in [0.1, 0.15) is 6.26 Å². The van der Waals surface area contributed by atoms with E-state index in [2.05, 4.69) is 5.48 Å². The van der Waals surface area contributed by atoms with Gasteiger partial charge in [0.05, 0.1) is 0 Å². The van der Waals surface area contributed by atoms with Gasteiger partial charge in [-0.05, 0) is 18.6 Å². The molecule has 0 bridgehead atoms. The highest BCUT2D eigenvalue weighted by molar-refractivity contribution is 5.90. The Morgan fingerprint density at radius 2 is 1.88 bits per heavy atom. The smallest absolute Gasteiger partial charge is 0.252 e. The lowest BCUT2D eigenvalue weighted by Gasteiger charge is -2.00. The van der Waals surface area contributed by atoms with Gasteiger partial charge in [-0.2, -0.15) is 5.48 Å². The van der Waals surface area contributed by atoms with E-state index in [0.717, 1.165) is 0 Å². The van der Waals surface area contributed by atoms with Gasteiger partial charge >= 0.3 is 0 Å². The number of amides is 1. The van der Waals surface area contributed by atoms with E-state index < -0.39 is 0 Å². The van der Waals surface area contributed by atoms with Crippen LogP contribution >= 0.6 is 0 Å². The molecular weight excluding hydrogens is 218 g/mol. The quantitative estimate of drug-likeness (QED) is 0.696. The Balaban J connectivity index is 2.56. The van der Waals surface area contributed by atoms with Crippen LogP contribution in [0.5, 0.6) is 0 Å². The molecule has 4 heteroatoms. The molecule has 1 rings (SSSR count). The lowest BCUT2D eigenvalue weighted by atomic mass is 10.2. The molecule has 0 aromatic heterocycles. The monoisotopic (exact) mass is 233 g/mol. The molecule has 1 aliphatic heterocycles. The molecule has 0 saturated carbocycles. The number of hydroxylamine groups is 1. The molecule has 0 atom stereocenters. The van der Waals surface area contributed by atoms with Crippen molar-refractivity contribution in [2.75, 3.05) is 0 Å². The standard InChI is InChI=1S/C13H15NO3/c15-12-8-4-2-1-3-7-11-17-14-13(16)10-6-5-9-12/h1-5,7,9,11H,6,8,10H2,(H,14,16)/b3-1-,4-2-,9-5-,11-7-. The van der Waals surface area contributed by atoms with Gasteiger partial charge in [0, 0.05) is 12.8 Å². The van der Waals surface area contributed by atoms with Crippen molar-refractivity contribution in [3.63, 3.8) is 0 Å². The van der Waals surface area contributed by atoms with Crippen LogP contribution in [0, 0.1) is 0 Å². The molecule has 1 N–H and O–H groups in total. The number of carbonyl (C=O) groups excluding carboxylic acids is 2. The molecule has 0 aromatic rings. The summed E-state index contributed by atoms with van der Waals surface area (Å²) in [5.74, 6) is -0.194. The zero-order valence-electron chi connectivity index (χ0n) is 9.46. The molecule has 0 unspecified atom stereocenters. The molecule has 0 fully saturated rings. The maximum absolute atomic E-state index is 11.3. The largest absolute Gasteiger partial charge is 0.387 e. The van der Waals surface area contributed by atoms with Gasteiger partial charge in [-0.1, -0.05) is 30.4 Å². The molecule has 4 nitrogen and oxygen atoms in total. The van der Waals surface area contributed by atoms with E-state index in [-0.39, 0.29) is 11.7 Å². The topological polar surface area (TPSA) is 55.4 Å². The molecule has 0 aliphatic carbocycles. The molecule has 0 radical (unpaired) electrons. The van der Waals surface area contributed by atoms with Crippen molar-refractivity contribution in [1.29, 1.82) is 0 Å². The average molecular weight is 233 g/mol. The van der Waals surface area contributed by atoms with Crippen LogP contribution < -0.4 is 5.48 Å². The maximum atomic E-state index is 11.3. The zero-order valence-corrected chi connectivity index (χ0v) is 9.46. The Kier molecular flexibility index (Phi) is 6.18. The summed E-state index contributed by atoms with van der Waals surface area (Å²) in [5.41, 5.74) is 2.27. The Morgan fingerprint density at radius 1 is 1.06 bits per heavy atom. The molecule has 0 aromatic carbocycles. The summed E-state index contributed by atoms with van der Waals surface area (Å²) in [7, 11) is 0. The number of hydrogen-bond acceptors (Lipinski definition) is 3. The molecule has 17 heavy (non-hydrogen) atoms. The number of rotatable bonds is 0. The number of allylic oxidation sites excluding steroid dienone is 7. The first-order valence-corrected chi connectivity index (χ1v) is 5.41. The summed E-state index contributed by atoms with van der Waals surface area (Å²) in [6.07, 6.45) is 14.5. The fourth-order valence-corrected chi connectivity index (χ4v) is 1.12. The van der Waals surface area contributed by atoms with Crippen LogP contribution in [0.15, 0.2) is 48.8 Å². The second kappa shape index (κ2) is 8.10. The van der Waals surface area contributed by atoms with Gasteiger partial charge < -0.3 is 4.84 Å². The van der Waals surface area contributed by atoms with Crippen molar-refractivity contribution in [3.8, 4) is 0 Å². The molecule has 0 spiro atoms. The van der Waals surface area contributed by atoms with Gasteiger partial charge in [0.2, 0.25) is 0 Å². The van der Waals surface area contributed by atoms with Crippen LogP contribution in [0.1, 0.15) is 19.3 Å². The first-order valence-electron chi connectivity index (χ1n) is 5.41. The maximum Gasteiger partial charge on any atom is 0.252 e. The van der Waals surface area contributed by atoms with Gasteiger partial charge in [0.15, 0.2) is 5.78 Å². The van der Waals surface area contributed by atoms with Crippen LogP contribution in [0.2, 0.25) is 0 Å². The average Bonchev–Trinajstić information content (AvgIpc) is 2.32. The Bertz CT molecular complexity index is 378. The van der Waals surface area contributed by atoms with Gasteiger partial charge in [-0.25, -0.2) is 0 Å². The minimum atomic E-state index is -0.219. The van der Waals surface area contributed by atoms with E-state index in [0.29, 0.717) is 19.3 Å². The Labute approximate surface area is 100 Å². The van der Waals surface area contributed by atoms with Crippen molar-refractivity contribution >= 4 is 11.7 Å². The Morgan fingerprint density at radius 3 is 2.76 bits per heavy atom. The summed E-state index contributed by atoms with van der Waals surface area (Å²) in [5, 5.41) is 0. The first-order chi connectivity index (χ1) is 8.29. The summed E-state index contributed by atoms with van der Waals surface area (Å²) < 4.78 is 0. The van der Waals surface area contributed by atoms with Crippen LogP contribution in [-0.4, -0.2) is 11.7 Å². The highest BCUT2D eigenvalue weighted by Gasteiger charge is 1.98. The van der Waals surface area contributed by atoms with E-state index in [9.17, 15) is 9.59 Å². The van der Waals surface area contributed by atoms with Crippen LogP contribution in [0.25, 0.3) is 0 Å². The zero-order chi connectivity index (χ0) is 12.3. The number of ketones is 1. The summed E-state index contributed by atoms with van der Waals surface area (Å²) in [4.78, 5) is 27.3. The summed E-state index contributed by atoms with van der Waals surface area (Å²) in [6, 6.07) is 0. The van der Waals surface area contributed by atoms with Crippen molar-refractivity contribution < 1.29 is 14.4 Å². The second-order valence-electron chi connectivity index (χ2n) is 3.40. The van der Waals surface area contributed by atoms with Crippen molar-refractivity contribution in [1.82, 2.24) is 5.48 Å². The normalized spacial score (nSPS) is 25.6. The van der Waals surface area contributed by atoms with Crippen molar-refractivity contribution in [3.05, 3.63) is 48.8 Å². The second-order valence-corrected chi connectivity index (χ2v) is 3.40. The minimum absolute atomic E-state index is 0.0247. The summed E-state index contributed by atoms with van der Waals surface area (Å²) >= 11 is 0. The molecule has 0 saturated heterocycles. The molecule has 1 heterocycles. The van der Waals surface area contributed by atoms with E-state index in [1.807, 2.05) is 0 Å². The fourth-order valence-electron chi connectivity index (χ4n) is 1.12. The van der Waals surface area contributed by atoms with Crippen LogP contribution in [-0.2, 0) is 14.4 Å². The molecule has 90 valence electrons. The van der Waals surface area contributed by atoms with Gasteiger partial charge in [-0.3, -0.25) is 9.59 Å². The SMILES string of the molecule is O=C1/C=C\CCC(=O)NO\C=C/C=C\C=C/C1. The third-order valence-corrected chi connectivity index (χ3v) is 1.95. The fraction of sp³-hybridized carbons (Fsp3) is 0.231. The lowest BCUT2D eigenvalue weighted by molar-refractivity contribution is -0.129. The predicted octanol–water partition coefficient (Wildman–Crippen LogP) is 1.97. The number of carbonyl (C=O) groups is 2. The molecular formula is C13H15NO3. The van der Waals surface area contributed by atoms with Gasteiger partial charge in [-0.15, -0.1) is 0 Å². The third kappa shape index (κ3) is 6.89. The van der Waals surface area contributed by atoms with E-state index in [4.69, 9.17) is 4.84 Å². The lowest BCUT2D eigenvalue weighted by Crippen LogP contribution is -2.20. The van der Waals surface area contributed by atoms with E-state index >= 15 is 0 Å². The number of nitrogens with one attached hydrogen (secondary N) is 1. The summed E-state index contributed by atoms with van der Waals surface area (Å²) in [6.45, 7) is 0. The highest BCUT2D eigenvalue weighted by Crippen LogP contribution is 1.95. The number of hydrogen-bond donors (Lipinski definition) is 1.